The normalized spacial score (nSPS) is 11.6. The number of nitriles is 1. The van der Waals surface area contributed by atoms with Crippen LogP contribution in [0.5, 0.6) is 0 Å². The summed E-state index contributed by atoms with van der Waals surface area (Å²) in [6.07, 6.45) is 18.5. The van der Waals surface area contributed by atoms with E-state index in [1.807, 2.05) is 61.8 Å². The molecule has 262 valence electrons. The number of hydrogen-bond acceptors (Lipinski definition) is 9. The molecule has 0 spiro atoms. The molecule has 4 N–H and O–H groups in total. The summed E-state index contributed by atoms with van der Waals surface area (Å²) in [6, 6.07) is 15.5. The van der Waals surface area contributed by atoms with E-state index in [0.29, 0.717) is 41.7 Å². The van der Waals surface area contributed by atoms with Crippen molar-refractivity contribution in [3.05, 3.63) is 103 Å². The van der Waals surface area contributed by atoms with E-state index in [9.17, 15) is 14.9 Å². The standard InChI is InChI=1S/C37H42N12O2/c1-3-10-32(45-36-41-22-29(19-38)35(46-36)31-24-44-48(26-31)18-16-33(39)50)13-8-5-9-17-49(37(51)42-20-27-11-6-4-7-12-27)34-15-14-28(21-40-34)30-23-43-47(2)25-30/h4,6-7,9,11-12,14-15,17,21-26,32H,3,5,8,10,13,16,18,20H2,1-2H3,(H2,39,50)(H,42,51)(H,41,45,46)/b17-9+. The van der Waals surface area contributed by atoms with Crippen LogP contribution < -0.4 is 21.3 Å². The molecule has 1 unspecified atom stereocenters. The highest BCUT2D eigenvalue weighted by Crippen LogP contribution is 2.24. The fraction of sp³-hybridized carbons (Fsp3) is 0.297. The lowest BCUT2D eigenvalue weighted by Gasteiger charge is -2.19. The molecule has 0 aliphatic carbocycles. The van der Waals surface area contributed by atoms with E-state index >= 15 is 0 Å². The second-order valence-corrected chi connectivity index (χ2v) is 12.0. The average Bonchev–Trinajstić information content (AvgIpc) is 3.81. The van der Waals surface area contributed by atoms with E-state index in [2.05, 4.69) is 48.8 Å². The third-order valence-electron chi connectivity index (χ3n) is 8.09. The number of carbonyl (C=O) groups is 2. The van der Waals surface area contributed by atoms with Gasteiger partial charge in [-0.25, -0.2) is 19.7 Å². The van der Waals surface area contributed by atoms with Gasteiger partial charge in [0.25, 0.3) is 0 Å². The number of rotatable bonds is 17. The molecule has 4 aromatic heterocycles. The Bertz CT molecular complexity index is 1960. The van der Waals surface area contributed by atoms with Crippen LogP contribution in [0.3, 0.4) is 0 Å². The Balaban J connectivity index is 1.23. The first kappa shape index (κ1) is 35.9. The SMILES string of the molecule is CCCC(CCC/C=C/N(C(=O)NCc1ccccc1)c1ccc(-c2cnn(C)c2)cn1)Nc1ncc(C#N)c(-c2cnn(CCC(N)=O)c2)n1. The molecule has 3 amide bonds. The molecular formula is C37H42N12O2. The summed E-state index contributed by atoms with van der Waals surface area (Å²) in [5, 5.41) is 24.7. The van der Waals surface area contributed by atoms with Crippen LogP contribution in [0.2, 0.25) is 0 Å². The average molecular weight is 687 g/mol. The number of allylic oxidation sites excluding steroid dienone is 1. The fourth-order valence-corrected chi connectivity index (χ4v) is 5.44. The lowest BCUT2D eigenvalue weighted by molar-refractivity contribution is -0.118. The Morgan fingerprint density at radius 2 is 1.82 bits per heavy atom. The molecule has 0 radical (unpaired) electrons. The number of carbonyl (C=O) groups excluding carboxylic acids is 2. The highest BCUT2D eigenvalue weighted by molar-refractivity contribution is 5.92. The molecule has 1 atom stereocenters. The second-order valence-electron chi connectivity index (χ2n) is 12.0. The first-order valence-electron chi connectivity index (χ1n) is 16.9. The van der Waals surface area contributed by atoms with Crippen LogP contribution in [0.1, 0.15) is 56.6 Å². The van der Waals surface area contributed by atoms with Crippen LogP contribution in [0.15, 0.2) is 91.9 Å². The van der Waals surface area contributed by atoms with Gasteiger partial charge in [-0.05, 0) is 43.4 Å². The number of amides is 3. The molecule has 5 aromatic rings. The quantitative estimate of drug-likeness (QED) is 0.105. The molecule has 14 nitrogen and oxygen atoms in total. The van der Waals surface area contributed by atoms with E-state index in [1.54, 1.807) is 40.4 Å². The maximum atomic E-state index is 13.4. The number of aryl methyl sites for hydroxylation is 2. The number of nitrogens with zero attached hydrogens (tertiary/aromatic N) is 9. The fourth-order valence-electron chi connectivity index (χ4n) is 5.44. The summed E-state index contributed by atoms with van der Waals surface area (Å²) in [6.45, 7) is 2.85. The van der Waals surface area contributed by atoms with Gasteiger partial charge in [-0.15, -0.1) is 0 Å². The molecule has 14 heteroatoms. The first-order chi connectivity index (χ1) is 24.8. The number of unbranched alkanes of at least 4 members (excludes halogenated alkanes) is 1. The summed E-state index contributed by atoms with van der Waals surface area (Å²) in [4.78, 5) is 39.8. The molecule has 4 heterocycles. The number of hydrogen-bond donors (Lipinski definition) is 3. The Morgan fingerprint density at radius 3 is 2.53 bits per heavy atom. The molecule has 0 saturated carbocycles. The molecule has 0 aliphatic rings. The van der Waals surface area contributed by atoms with Crippen molar-refractivity contribution in [1.29, 1.82) is 5.26 Å². The third kappa shape index (κ3) is 10.3. The Hall–Kier alpha value is -6.36. The van der Waals surface area contributed by atoms with Gasteiger partial charge in [-0.3, -0.25) is 19.1 Å². The van der Waals surface area contributed by atoms with E-state index in [-0.39, 0.29) is 18.5 Å². The highest BCUT2D eigenvalue weighted by Gasteiger charge is 2.17. The minimum Gasteiger partial charge on any atom is -0.370 e. The Kier molecular flexibility index (Phi) is 12.6. The van der Waals surface area contributed by atoms with E-state index in [4.69, 9.17) is 5.73 Å². The van der Waals surface area contributed by atoms with Gasteiger partial charge in [0.05, 0.1) is 29.8 Å². The number of pyridine rings is 1. The number of primary amides is 1. The van der Waals surface area contributed by atoms with Gasteiger partial charge in [-0.2, -0.15) is 15.5 Å². The molecule has 51 heavy (non-hydrogen) atoms. The lowest BCUT2D eigenvalue weighted by Crippen LogP contribution is -2.36. The Labute approximate surface area is 297 Å². The van der Waals surface area contributed by atoms with Gasteiger partial charge in [0.2, 0.25) is 11.9 Å². The van der Waals surface area contributed by atoms with E-state index in [1.165, 1.54) is 11.1 Å². The maximum Gasteiger partial charge on any atom is 0.327 e. The third-order valence-corrected chi connectivity index (χ3v) is 8.09. The van der Waals surface area contributed by atoms with Gasteiger partial charge in [0, 0.05) is 74.1 Å². The Morgan fingerprint density at radius 1 is 1.00 bits per heavy atom. The first-order valence-corrected chi connectivity index (χ1v) is 16.9. The molecule has 0 saturated heterocycles. The van der Waals surface area contributed by atoms with Crippen LogP contribution in [0.4, 0.5) is 16.6 Å². The van der Waals surface area contributed by atoms with Gasteiger partial charge >= 0.3 is 6.03 Å². The number of nitrogens with two attached hydrogens (primary N) is 1. The zero-order chi connectivity index (χ0) is 36.0. The van der Waals surface area contributed by atoms with Gasteiger partial charge in [-0.1, -0.05) is 49.8 Å². The summed E-state index contributed by atoms with van der Waals surface area (Å²) in [5.74, 6) is 0.508. The summed E-state index contributed by atoms with van der Waals surface area (Å²) >= 11 is 0. The van der Waals surface area contributed by atoms with Crippen LogP contribution in [0.25, 0.3) is 22.4 Å². The molecule has 0 aliphatic heterocycles. The monoisotopic (exact) mass is 686 g/mol. The predicted octanol–water partition coefficient (Wildman–Crippen LogP) is 5.56. The van der Waals surface area contributed by atoms with Crippen molar-refractivity contribution < 1.29 is 9.59 Å². The number of urea groups is 1. The predicted molar refractivity (Wildman–Crippen MR) is 195 cm³/mol. The van der Waals surface area contributed by atoms with Crippen molar-refractivity contribution in [3.63, 3.8) is 0 Å². The zero-order valence-electron chi connectivity index (χ0n) is 28.8. The number of nitrogens with one attached hydrogen (secondary N) is 2. The summed E-state index contributed by atoms with van der Waals surface area (Å²) in [5.41, 5.74) is 9.55. The minimum atomic E-state index is -0.415. The number of aromatic nitrogens is 7. The summed E-state index contributed by atoms with van der Waals surface area (Å²) in [7, 11) is 1.86. The molecular weight excluding hydrogens is 644 g/mol. The zero-order valence-corrected chi connectivity index (χ0v) is 28.8. The van der Waals surface area contributed by atoms with Crippen LogP contribution in [-0.4, -0.2) is 52.5 Å². The van der Waals surface area contributed by atoms with Crippen molar-refractivity contribution >= 4 is 23.7 Å². The van der Waals surface area contributed by atoms with Crippen molar-refractivity contribution in [2.24, 2.45) is 12.8 Å². The van der Waals surface area contributed by atoms with E-state index < -0.39 is 5.91 Å². The molecule has 5 rings (SSSR count). The van der Waals surface area contributed by atoms with Crippen molar-refractivity contribution in [3.8, 4) is 28.5 Å². The second kappa shape index (κ2) is 17.9. The van der Waals surface area contributed by atoms with Crippen LogP contribution >= 0.6 is 0 Å². The lowest BCUT2D eigenvalue weighted by atomic mass is 10.0. The minimum absolute atomic E-state index is 0.0921. The topological polar surface area (TPSA) is 186 Å². The van der Waals surface area contributed by atoms with Crippen molar-refractivity contribution in [2.45, 2.75) is 64.6 Å². The van der Waals surface area contributed by atoms with Crippen LogP contribution in [-0.2, 0) is 24.9 Å². The van der Waals surface area contributed by atoms with Gasteiger partial charge < -0.3 is 16.4 Å². The maximum absolute atomic E-state index is 13.4. The molecule has 1 aromatic carbocycles. The van der Waals surface area contributed by atoms with Gasteiger partial charge in [0.15, 0.2) is 0 Å². The highest BCUT2D eigenvalue weighted by atomic mass is 16.2. The molecule has 0 fully saturated rings. The van der Waals surface area contributed by atoms with Crippen molar-refractivity contribution in [1.82, 2.24) is 39.8 Å². The largest absolute Gasteiger partial charge is 0.370 e. The number of benzene rings is 1. The van der Waals surface area contributed by atoms with Gasteiger partial charge in [0.1, 0.15) is 11.9 Å². The molecule has 0 bridgehead atoms. The van der Waals surface area contributed by atoms with E-state index in [0.717, 1.165) is 48.8 Å². The number of anilines is 2. The smallest absolute Gasteiger partial charge is 0.327 e. The van der Waals surface area contributed by atoms with Crippen molar-refractivity contribution in [2.75, 3.05) is 10.2 Å². The summed E-state index contributed by atoms with van der Waals surface area (Å²) < 4.78 is 3.34. The van der Waals surface area contributed by atoms with Crippen LogP contribution in [0, 0.1) is 11.3 Å².